The first-order chi connectivity index (χ1) is 10.5. The minimum Gasteiger partial charge on any atom is -0.296 e. The molecule has 2 aliphatic carbocycles. The summed E-state index contributed by atoms with van der Waals surface area (Å²) in [5, 5.41) is 4.32. The van der Waals surface area contributed by atoms with Crippen LogP contribution in [0.4, 0.5) is 0 Å². The van der Waals surface area contributed by atoms with Crippen molar-refractivity contribution in [3.05, 3.63) is 50.7 Å². The number of carbonyl (C=O) groups excluding carboxylic acids is 1. The Morgan fingerprint density at radius 3 is 2.82 bits per heavy atom. The molecular weight excluding hydrogens is 304 g/mol. The maximum atomic E-state index is 12.5. The van der Waals surface area contributed by atoms with Gasteiger partial charge in [0, 0.05) is 22.4 Å². The Labute approximate surface area is 131 Å². The van der Waals surface area contributed by atoms with Gasteiger partial charge in [-0.3, -0.25) is 14.3 Å². The third-order valence-corrected chi connectivity index (χ3v) is 5.15. The number of benzene rings is 1. The fourth-order valence-electron chi connectivity index (χ4n) is 3.02. The number of hydrogen-bond acceptors (Lipinski definition) is 4. The lowest BCUT2D eigenvalue weighted by Gasteiger charge is -2.12. The number of aromatic nitrogens is 2. The second-order valence-corrected chi connectivity index (χ2v) is 6.96. The van der Waals surface area contributed by atoms with Gasteiger partial charge in [-0.2, -0.15) is 0 Å². The van der Waals surface area contributed by atoms with Crippen LogP contribution in [0.2, 0.25) is 5.02 Å². The minimum absolute atomic E-state index is 0.0447. The van der Waals surface area contributed by atoms with E-state index in [0.717, 1.165) is 18.4 Å². The molecule has 4 rings (SSSR count). The van der Waals surface area contributed by atoms with Crippen LogP contribution < -0.4 is 5.76 Å². The maximum absolute atomic E-state index is 12.5. The van der Waals surface area contributed by atoms with Gasteiger partial charge >= 0.3 is 5.76 Å². The molecular formula is C16H15ClN2O3. The number of carbonyl (C=O) groups is 1. The topological polar surface area (TPSA) is 76.0 Å². The average molecular weight is 319 g/mol. The summed E-state index contributed by atoms with van der Waals surface area (Å²) in [6.07, 6.45) is 2.97. The van der Waals surface area contributed by atoms with Crippen LogP contribution in [0.25, 0.3) is 0 Å². The predicted molar refractivity (Wildman–Crippen MR) is 80.3 cm³/mol. The maximum Gasteiger partial charge on any atom is 0.438 e. The fraction of sp³-hybridized carbons (Fsp3) is 0.438. The number of hydrogen-bond donors (Lipinski definition) is 1. The van der Waals surface area contributed by atoms with Crippen LogP contribution in [0.3, 0.4) is 0 Å². The number of rotatable bonds is 4. The van der Waals surface area contributed by atoms with Crippen molar-refractivity contribution in [2.24, 2.45) is 5.92 Å². The van der Waals surface area contributed by atoms with Crippen LogP contribution in [0.15, 0.2) is 27.5 Å². The molecule has 2 fully saturated rings. The molecule has 1 N–H and O–H groups in total. The van der Waals surface area contributed by atoms with Gasteiger partial charge in [0.1, 0.15) is 0 Å². The van der Waals surface area contributed by atoms with Crippen LogP contribution in [-0.4, -0.2) is 15.9 Å². The number of ketones is 1. The van der Waals surface area contributed by atoms with Crippen molar-refractivity contribution in [3.8, 4) is 0 Å². The molecule has 0 saturated heterocycles. The summed E-state index contributed by atoms with van der Waals surface area (Å²) in [5.74, 6) is -0.296. The van der Waals surface area contributed by atoms with Crippen LogP contribution >= 0.6 is 11.6 Å². The predicted octanol–water partition coefficient (Wildman–Crippen LogP) is 3.05. The number of nitrogens with one attached hydrogen (secondary N) is 1. The third-order valence-electron chi connectivity index (χ3n) is 4.84. The van der Waals surface area contributed by atoms with Gasteiger partial charge in [-0.1, -0.05) is 35.8 Å². The normalized spacial score (nSPS) is 25.0. The Morgan fingerprint density at radius 1 is 1.45 bits per heavy atom. The molecule has 114 valence electrons. The number of nitrogens with zero attached hydrogens (tertiary/aromatic N) is 1. The minimum atomic E-state index is -0.585. The molecule has 2 aliphatic rings. The average Bonchev–Trinajstić information content (AvgIpc) is 3.39. The summed E-state index contributed by atoms with van der Waals surface area (Å²) in [7, 11) is 0. The quantitative estimate of drug-likeness (QED) is 0.879. The molecule has 22 heavy (non-hydrogen) atoms. The molecule has 0 aliphatic heterocycles. The lowest BCUT2D eigenvalue weighted by molar-refractivity contribution is 0.0964. The first kappa shape index (κ1) is 13.8. The highest BCUT2D eigenvalue weighted by Crippen LogP contribution is 2.51. The summed E-state index contributed by atoms with van der Waals surface area (Å²) in [6, 6.07) is 5.59. The lowest BCUT2D eigenvalue weighted by atomic mass is 9.95. The van der Waals surface area contributed by atoms with Gasteiger partial charge in [0.25, 0.3) is 0 Å². The molecule has 0 spiro atoms. The van der Waals surface area contributed by atoms with Gasteiger partial charge in [0.05, 0.1) is 0 Å². The van der Waals surface area contributed by atoms with Gasteiger partial charge in [0.2, 0.25) is 0 Å². The molecule has 5 nitrogen and oxygen atoms in total. The van der Waals surface area contributed by atoms with Crippen molar-refractivity contribution >= 4 is 17.4 Å². The summed E-state index contributed by atoms with van der Waals surface area (Å²) < 4.78 is 4.49. The largest absolute Gasteiger partial charge is 0.438 e. The standard InChI is InChI=1S/C16H15ClN2O3/c1-16(4-5-16)11-3-2-8(6-12(11)17)13(20)9-7-10(9)14-18-15(21)22-19-14/h2-3,6,9-10H,4-5,7H2,1H3,(H,18,19,21)/t9-,10-/m0/s1. The monoisotopic (exact) mass is 318 g/mol. The highest BCUT2D eigenvalue weighted by molar-refractivity contribution is 6.32. The van der Waals surface area contributed by atoms with E-state index in [1.807, 2.05) is 12.1 Å². The van der Waals surface area contributed by atoms with Crippen molar-refractivity contribution < 1.29 is 9.32 Å². The van der Waals surface area contributed by atoms with E-state index < -0.39 is 5.76 Å². The summed E-state index contributed by atoms with van der Waals surface area (Å²) >= 11 is 6.35. The Hall–Kier alpha value is -1.88. The molecule has 0 amide bonds. The van der Waals surface area contributed by atoms with Gasteiger partial charge in [-0.05, 0) is 36.3 Å². The Kier molecular flexibility index (Phi) is 2.85. The first-order valence-corrected chi connectivity index (χ1v) is 7.76. The van der Waals surface area contributed by atoms with E-state index in [-0.39, 0.29) is 23.0 Å². The Morgan fingerprint density at radius 2 is 2.23 bits per heavy atom. The second-order valence-electron chi connectivity index (χ2n) is 6.55. The van der Waals surface area contributed by atoms with Crippen LogP contribution in [0.5, 0.6) is 0 Å². The molecule has 0 radical (unpaired) electrons. The highest BCUT2D eigenvalue weighted by Gasteiger charge is 2.47. The van der Waals surface area contributed by atoms with Gasteiger partial charge in [0.15, 0.2) is 11.6 Å². The highest BCUT2D eigenvalue weighted by atomic mass is 35.5. The fourth-order valence-corrected chi connectivity index (χ4v) is 3.43. The molecule has 1 aromatic carbocycles. The van der Waals surface area contributed by atoms with E-state index in [1.54, 1.807) is 6.07 Å². The lowest BCUT2D eigenvalue weighted by Crippen LogP contribution is -2.07. The van der Waals surface area contributed by atoms with E-state index in [2.05, 4.69) is 21.6 Å². The van der Waals surface area contributed by atoms with Gasteiger partial charge in [-0.15, -0.1) is 0 Å². The first-order valence-electron chi connectivity index (χ1n) is 7.38. The molecule has 1 heterocycles. The number of halogens is 1. The number of aromatic amines is 1. The SMILES string of the molecule is CC1(c2ccc(C(=O)[C@H]3C[C@@H]3c3noc(=O)[nH]3)cc2Cl)CC1. The molecule has 0 bridgehead atoms. The summed E-state index contributed by atoms with van der Waals surface area (Å²) in [6.45, 7) is 2.19. The van der Waals surface area contributed by atoms with E-state index in [4.69, 9.17) is 11.6 Å². The van der Waals surface area contributed by atoms with Crippen LogP contribution in [0.1, 0.15) is 53.8 Å². The molecule has 1 aromatic heterocycles. The Bertz CT molecular complexity index is 819. The number of H-pyrrole nitrogens is 1. The molecule has 2 saturated carbocycles. The van der Waals surface area contributed by atoms with Gasteiger partial charge in [-0.25, -0.2) is 4.79 Å². The van der Waals surface area contributed by atoms with Crippen molar-refractivity contribution in [1.29, 1.82) is 0 Å². The summed E-state index contributed by atoms with van der Waals surface area (Å²) in [5.41, 5.74) is 1.93. The van der Waals surface area contributed by atoms with Crippen molar-refractivity contribution in [1.82, 2.24) is 10.1 Å². The van der Waals surface area contributed by atoms with Gasteiger partial charge < -0.3 is 0 Å². The zero-order valence-electron chi connectivity index (χ0n) is 12.1. The zero-order chi connectivity index (χ0) is 15.5. The Balaban J connectivity index is 1.54. The molecule has 6 heteroatoms. The summed E-state index contributed by atoms with van der Waals surface area (Å²) in [4.78, 5) is 26.0. The van der Waals surface area contributed by atoms with Crippen LogP contribution in [0, 0.1) is 5.92 Å². The smallest absolute Gasteiger partial charge is 0.296 e. The molecule has 2 aromatic rings. The molecule has 0 unspecified atom stereocenters. The second kappa shape index (κ2) is 4.56. The number of Topliss-reactive ketones (excluding diaryl/α,β-unsaturated/α-hetero) is 1. The third kappa shape index (κ3) is 2.20. The van der Waals surface area contributed by atoms with Crippen molar-refractivity contribution in [2.75, 3.05) is 0 Å². The van der Waals surface area contributed by atoms with E-state index in [0.29, 0.717) is 22.8 Å². The van der Waals surface area contributed by atoms with E-state index >= 15 is 0 Å². The molecule has 2 atom stereocenters. The van der Waals surface area contributed by atoms with Crippen molar-refractivity contribution in [3.63, 3.8) is 0 Å². The van der Waals surface area contributed by atoms with E-state index in [9.17, 15) is 9.59 Å². The van der Waals surface area contributed by atoms with Crippen molar-refractivity contribution in [2.45, 2.75) is 37.5 Å². The van der Waals surface area contributed by atoms with Crippen LogP contribution in [-0.2, 0) is 5.41 Å². The van der Waals surface area contributed by atoms with E-state index in [1.165, 1.54) is 0 Å². The zero-order valence-corrected chi connectivity index (χ0v) is 12.8.